The Bertz CT molecular complexity index is 1050. The summed E-state index contributed by atoms with van der Waals surface area (Å²) >= 11 is 0. The Morgan fingerprint density at radius 1 is 1.17 bits per heavy atom. The predicted molar refractivity (Wildman–Crippen MR) is 110 cm³/mol. The van der Waals surface area contributed by atoms with Gasteiger partial charge in [-0.15, -0.1) is 10.2 Å². The highest BCUT2D eigenvalue weighted by Crippen LogP contribution is 2.20. The van der Waals surface area contributed by atoms with Gasteiger partial charge in [0, 0.05) is 24.9 Å². The van der Waals surface area contributed by atoms with Crippen LogP contribution in [0.2, 0.25) is 0 Å². The van der Waals surface area contributed by atoms with Crippen molar-refractivity contribution in [2.45, 2.75) is 32.7 Å². The van der Waals surface area contributed by atoms with Gasteiger partial charge in [0.05, 0.1) is 6.61 Å². The van der Waals surface area contributed by atoms with Crippen LogP contribution in [0.15, 0.2) is 53.3 Å². The Hall–Kier alpha value is -3.55. The van der Waals surface area contributed by atoms with Gasteiger partial charge >= 0.3 is 0 Å². The van der Waals surface area contributed by atoms with E-state index in [-0.39, 0.29) is 42.4 Å². The lowest BCUT2D eigenvalue weighted by Gasteiger charge is -2.07. The van der Waals surface area contributed by atoms with Crippen molar-refractivity contribution in [3.8, 4) is 17.1 Å². The second-order valence-electron chi connectivity index (χ2n) is 6.73. The second kappa shape index (κ2) is 10.3. The first-order valence-corrected chi connectivity index (χ1v) is 9.75. The number of carbonyl (C=O) groups excluding carboxylic acids is 1. The number of hydrogen-bond donors (Lipinski definition) is 2. The summed E-state index contributed by atoms with van der Waals surface area (Å²) in [4.78, 5) is 27.1. The third-order valence-electron chi connectivity index (χ3n) is 4.34. The summed E-state index contributed by atoms with van der Waals surface area (Å²) in [5.41, 5.74) is 1.29. The van der Waals surface area contributed by atoms with Gasteiger partial charge in [0.1, 0.15) is 17.3 Å². The number of carbonyl (C=O) groups is 1. The van der Waals surface area contributed by atoms with E-state index >= 15 is 0 Å². The fourth-order valence-electron chi connectivity index (χ4n) is 2.73. The Morgan fingerprint density at radius 3 is 2.70 bits per heavy atom. The number of hydrogen-bond acceptors (Lipinski definition) is 5. The minimum Gasteiger partial charge on any atom is -0.494 e. The van der Waals surface area contributed by atoms with E-state index in [0.717, 1.165) is 12.0 Å². The molecule has 0 saturated heterocycles. The van der Waals surface area contributed by atoms with Crippen molar-refractivity contribution in [2.75, 3.05) is 6.61 Å². The van der Waals surface area contributed by atoms with E-state index in [9.17, 15) is 14.0 Å². The van der Waals surface area contributed by atoms with Crippen molar-refractivity contribution < 1.29 is 13.9 Å². The zero-order valence-electron chi connectivity index (χ0n) is 16.7. The number of H-pyrrole nitrogens is 1. The van der Waals surface area contributed by atoms with Gasteiger partial charge in [0.25, 0.3) is 5.56 Å². The first-order valence-electron chi connectivity index (χ1n) is 9.75. The number of aryl methyl sites for hydroxylation is 1. The molecule has 1 amide bonds. The molecule has 3 rings (SSSR count). The number of benzene rings is 2. The van der Waals surface area contributed by atoms with Gasteiger partial charge in [-0.05, 0) is 36.2 Å². The summed E-state index contributed by atoms with van der Waals surface area (Å²) < 4.78 is 18.5. The van der Waals surface area contributed by atoms with Crippen molar-refractivity contribution in [3.63, 3.8) is 0 Å². The molecule has 30 heavy (non-hydrogen) atoms. The SMILES string of the molecule is CCCOc1cccc(-c2nnc(CCC(=O)NCc3ccc(F)cc3)c(=O)[nH]2)c1. The summed E-state index contributed by atoms with van der Waals surface area (Å²) in [5, 5.41) is 10.8. The Morgan fingerprint density at radius 2 is 1.97 bits per heavy atom. The van der Waals surface area contributed by atoms with E-state index in [1.807, 2.05) is 19.1 Å². The average molecular weight is 410 g/mol. The highest BCUT2D eigenvalue weighted by Gasteiger charge is 2.10. The van der Waals surface area contributed by atoms with Crippen LogP contribution in [0.3, 0.4) is 0 Å². The zero-order chi connectivity index (χ0) is 21.3. The summed E-state index contributed by atoms with van der Waals surface area (Å²) in [6.45, 7) is 2.92. The van der Waals surface area contributed by atoms with Crippen LogP contribution in [0, 0.1) is 5.82 Å². The Labute approximate surface area is 173 Å². The molecule has 7 nitrogen and oxygen atoms in total. The standard InChI is InChI=1S/C22H23FN4O3/c1-2-12-30-18-5-3-4-16(13-18)21-25-22(29)19(26-27-21)10-11-20(28)24-14-15-6-8-17(23)9-7-15/h3-9,13H,2,10-12,14H2,1H3,(H,24,28)(H,25,27,29). The molecule has 156 valence electrons. The highest BCUT2D eigenvalue weighted by molar-refractivity contribution is 5.76. The number of aromatic amines is 1. The van der Waals surface area contributed by atoms with Gasteiger partial charge in [-0.1, -0.05) is 31.2 Å². The van der Waals surface area contributed by atoms with Crippen LogP contribution in [0.4, 0.5) is 4.39 Å². The number of nitrogens with one attached hydrogen (secondary N) is 2. The number of rotatable bonds is 9. The summed E-state index contributed by atoms with van der Waals surface area (Å²) in [6.07, 6.45) is 1.16. The average Bonchev–Trinajstić information content (AvgIpc) is 2.76. The van der Waals surface area contributed by atoms with E-state index < -0.39 is 0 Å². The quantitative estimate of drug-likeness (QED) is 0.565. The van der Waals surface area contributed by atoms with Gasteiger partial charge in [0.2, 0.25) is 5.91 Å². The fraction of sp³-hybridized carbons (Fsp3) is 0.273. The van der Waals surface area contributed by atoms with Crippen LogP contribution in [0.25, 0.3) is 11.4 Å². The molecule has 0 aliphatic heterocycles. The summed E-state index contributed by atoms with van der Waals surface area (Å²) in [6, 6.07) is 13.1. The number of aromatic nitrogens is 3. The third-order valence-corrected chi connectivity index (χ3v) is 4.34. The molecule has 0 atom stereocenters. The molecule has 0 saturated carbocycles. The zero-order valence-corrected chi connectivity index (χ0v) is 16.7. The molecule has 2 N–H and O–H groups in total. The molecule has 1 heterocycles. The van der Waals surface area contributed by atoms with Crippen LogP contribution < -0.4 is 15.6 Å². The molecule has 0 aliphatic rings. The molecular formula is C22H23FN4O3. The molecule has 8 heteroatoms. The minimum atomic E-state index is -0.383. The maximum atomic E-state index is 12.9. The number of nitrogens with zero attached hydrogens (tertiary/aromatic N) is 2. The van der Waals surface area contributed by atoms with Crippen LogP contribution in [0.1, 0.15) is 31.0 Å². The lowest BCUT2D eigenvalue weighted by Crippen LogP contribution is -2.25. The lowest BCUT2D eigenvalue weighted by atomic mass is 10.2. The largest absolute Gasteiger partial charge is 0.494 e. The van der Waals surface area contributed by atoms with Gasteiger partial charge < -0.3 is 15.0 Å². The monoisotopic (exact) mass is 410 g/mol. The van der Waals surface area contributed by atoms with E-state index in [2.05, 4.69) is 20.5 Å². The maximum absolute atomic E-state index is 12.9. The summed E-state index contributed by atoms with van der Waals surface area (Å²) in [7, 11) is 0. The van der Waals surface area contributed by atoms with Crippen LogP contribution in [0.5, 0.6) is 5.75 Å². The van der Waals surface area contributed by atoms with Crippen molar-refractivity contribution in [1.29, 1.82) is 0 Å². The topological polar surface area (TPSA) is 97.0 Å². The molecule has 0 radical (unpaired) electrons. The lowest BCUT2D eigenvalue weighted by molar-refractivity contribution is -0.121. The van der Waals surface area contributed by atoms with Crippen LogP contribution >= 0.6 is 0 Å². The molecule has 1 aromatic heterocycles. The maximum Gasteiger partial charge on any atom is 0.273 e. The van der Waals surface area contributed by atoms with Crippen LogP contribution in [-0.4, -0.2) is 27.7 Å². The highest BCUT2D eigenvalue weighted by atomic mass is 19.1. The van der Waals surface area contributed by atoms with E-state index in [1.54, 1.807) is 24.3 Å². The molecule has 2 aromatic carbocycles. The van der Waals surface area contributed by atoms with Crippen molar-refractivity contribution in [3.05, 3.63) is 76.0 Å². The van der Waals surface area contributed by atoms with Crippen LogP contribution in [-0.2, 0) is 17.8 Å². The van der Waals surface area contributed by atoms with Gasteiger partial charge in [-0.3, -0.25) is 9.59 Å². The van der Waals surface area contributed by atoms with Crippen molar-refractivity contribution in [1.82, 2.24) is 20.5 Å². The smallest absolute Gasteiger partial charge is 0.273 e. The number of ether oxygens (including phenoxy) is 1. The van der Waals surface area contributed by atoms with Crippen molar-refractivity contribution in [2.24, 2.45) is 0 Å². The van der Waals surface area contributed by atoms with Gasteiger partial charge in [0.15, 0.2) is 5.82 Å². The fourth-order valence-corrected chi connectivity index (χ4v) is 2.73. The van der Waals surface area contributed by atoms with E-state index in [0.29, 0.717) is 23.7 Å². The summed E-state index contributed by atoms with van der Waals surface area (Å²) in [5.74, 6) is 0.474. The second-order valence-corrected chi connectivity index (χ2v) is 6.73. The third kappa shape index (κ3) is 5.97. The van der Waals surface area contributed by atoms with E-state index in [1.165, 1.54) is 12.1 Å². The number of amides is 1. The molecular weight excluding hydrogens is 387 g/mol. The Kier molecular flexibility index (Phi) is 7.26. The van der Waals surface area contributed by atoms with Gasteiger partial charge in [-0.2, -0.15) is 0 Å². The molecule has 3 aromatic rings. The van der Waals surface area contributed by atoms with Crippen molar-refractivity contribution >= 4 is 5.91 Å². The normalized spacial score (nSPS) is 10.6. The minimum absolute atomic E-state index is 0.0959. The molecule has 0 fully saturated rings. The number of halogens is 1. The molecule has 0 unspecified atom stereocenters. The van der Waals surface area contributed by atoms with Gasteiger partial charge in [-0.25, -0.2) is 4.39 Å². The first kappa shape index (κ1) is 21.2. The first-order chi connectivity index (χ1) is 14.5. The molecule has 0 aliphatic carbocycles. The molecule has 0 bridgehead atoms. The predicted octanol–water partition coefficient (Wildman–Crippen LogP) is 3.01. The Balaban J connectivity index is 1.57. The van der Waals surface area contributed by atoms with E-state index in [4.69, 9.17) is 4.74 Å². The molecule has 0 spiro atoms.